The van der Waals surface area contributed by atoms with Crippen LogP contribution in [0.3, 0.4) is 0 Å². The molecule has 2 unspecified atom stereocenters. The summed E-state index contributed by atoms with van der Waals surface area (Å²) in [6, 6.07) is 7.03. The summed E-state index contributed by atoms with van der Waals surface area (Å²) in [4.78, 5) is 21.0. The number of hydrogen-bond acceptors (Lipinski definition) is 4. The van der Waals surface area contributed by atoms with Gasteiger partial charge in [0, 0.05) is 12.6 Å². The molecule has 7 heteroatoms. The lowest BCUT2D eigenvalue weighted by atomic mass is 9.85. The summed E-state index contributed by atoms with van der Waals surface area (Å²) in [5.74, 6) is -0.381. The average molecular weight is 395 g/mol. The first-order valence-corrected chi connectivity index (χ1v) is 11.4. The maximum Gasteiger partial charge on any atom is 0.335 e. The van der Waals surface area contributed by atoms with Crippen LogP contribution in [0.4, 0.5) is 0 Å². The number of carbonyl (C=O) groups is 1. The summed E-state index contributed by atoms with van der Waals surface area (Å²) in [6.45, 7) is 1.04. The average Bonchev–Trinajstić information content (AvgIpc) is 2.68. The quantitative estimate of drug-likeness (QED) is 0.614. The van der Waals surface area contributed by atoms with E-state index in [9.17, 15) is 14.3 Å². The smallest absolute Gasteiger partial charge is 0.335 e. The van der Waals surface area contributed by atoms with Crippen LogP contribution in [0.2, 0.25) is 0 Å². The van der Waals surface area contributed by atoms with Crippen molar-refractivity contribution in [2.45, 2.75) is 62.8 Å². The van der Waals surface area contributed by atoms with Crippen molar-refractivity contribution in [3.8, 4) is 0 Å². The Labute approximate surface area is 161 Å². The summed E-state index contributed by atoms with van der Waals surface area (Å²) < 4.78 is 18.0. The van der Waals surface area contributed by atoms with Crippen LogP contribution in [0.25, 0.3) is 0 Å². The van der Waals surface area contributed by atoms with Gasteiger partial charge in [0.2, 0.25) is 0 Å². The van der Waals surface area contributed by atoms with E-state index in [0.717, 1.165) is 24.8 Å². The summed E-state index contributed by atoms with van der Waals surface area (Å²) in [6.07, 6.45) is 7.30. The van der Waals surface area contributed by atoms with Gasteiger partial charge in [-0.25, -0.2) is 4.79 Å². The Bertz CT molecular complexity index is 654. The highest BCUT2D eigenvalue weighted by Gasteiger charge is 2.33. The predicted octanol–water partition coefficient (Wildman–Crippen LogP) is 3.09. The minimum atomic E-state index is -2.64. The molecule has 0 radical (unpaired) electrons. The number of aromatic carboxylic acids is 1. The lowest BCUT2D eigenvalue weighted by molar-refractivity contribution is -0.00266. The van der Waals surface area contributed by atoms with Crippen LogP contribution in [0.5, 0.6) is 0 Å². The van der Waals surface area contributed by atoms with Gasteiger partial charge in [-0.1, -0.05) is 44.2 Å². The molecule has 3 rings (SSSR count). The number of ether oxygens (including phenoxy) is 1. The van der Waals surface area contributed by atoms with Crippen LogP contribution in [-0.4, -0.2) is 46.9 Å². The zero-order valence-electron chi connectivity index (χ0n) is 15.6. The largest absolute Gasteiger partial charge is 0.478 e. The summed E-state index contributed by atoms with van der Waals surface area (Å²) in [5.41, 5.74) is 0.958. The molecule has 6 nitrogen and oxygen atoms in total. The molecule has 1 aromatic rings. The highest BCUT2D eigenvalue weighted by atomic mass is 31.1. The second kappa shape index (κ2) is 9.83. The first kappa shape index (κ1) is 20.5. The van der Waals surface area contributed by atoms with Crippen LogP contribution < -0.4 is 5.32 Å². The Hall–Kier alpha value is -1.20. The standard InChI is InChI=1S/C20H30NO5P/c22-20(23)16-8-4-7-15(9-16)10-17-13-26-18(12-21-17)19(27(24)25)11-14-5-2-1-3-6-14/h4,7-9,14,17-19,21,27H,1-3,5-6,10-13H2,(H,22,23)(H,24,25)/t17-,18+,19?/m1/s1. The Morgan fingerprint density at radius 3 is 2.70 bits per heavy atom. The molecule has 0 aromatic heterocycles. The third kappa shape index (κ3) is 5.89. The summed E-state index contributed by atoms with van der Waals surface area (Å²) in [5, 5.41) is 12.5. The van der Waals surface area contributed by atoms with E-state index in [1.54, 1.807) is 18.2 Å². The van der Waals surface area contributed by atoms with Crippen molar-refractivity contribution in [3.05, 3.63) is 35.4 Å². The van der Waals surface area contributed by atoms with E-state index in [4.69, 9.17) is 9.84 Å². The van der Waals surface area contributed by atoms with E-state index in [1.165, 1.54) is 19.3 Å². The van der Waals surface area contributed by atoms with Crippen molar-refractivity contribution in [2.24, 2.45) is 5.92 Å². The zero-order chi connectivity index (χ0) is 19.2. The molecule has 3 N–H and O–H groups in total. The number of hydrogen-bond donors (Lipinski definition) is 3. The van der Waals surface area contributed by atoms with E-state index in [1.807, 2.05) is 6.07 Å². The van der Waals surface area contributed by atoms with Gasteiger partial charge in [0.1, 0.15) is 0 Å². The first-order valence-electron chi connectivity index (χ1n) is 9.93. The van der Waals surface area contributed by atoms with Gasteiger partial charge in [0.25, 0.3) is 0 Å². The van der Waals surface area contributed by atoms with Crippen LogP contribution in [-0.2, 0) is 15.7 Å². The van der Waals surface area contributed by atoms with Gasteiger partial charge in [-0.2, -0.15) is 0 Å². The fourth-order valence-corrected chi connectivity index (χ4v) is 5.41. The Kier molecular flexibility index (Phi) is 7.48. The van der Waals surface area contributed by atoms with Crippen molar-refractivity contribution in [1.82, 2.24) is 5.32 Å². The molecule has 1 saturated carbocycles. The monoisotopic (exact) mass is 395 g/mol. The number of nitrogens with one attached hydrogen (secondary N) is 1. The van der Waals surface area contributed by atoms with E-state index in [2.05, 4.69) is 5.32 Å². The predicted molar refractivity (Wildman–Crippen MR) is 105 cm³/mol. The van der Waals surface area contributed by atoms with Gasteiger partial charge in [-0.3, -0.25) is 4.57 Å². The summed E-state index contributed by atoms with van der Waals surface area (Å²) in [7, 11) is -2.64. The van der Waals surface area contributed by atoms with Gasteiger partial charge in [0.05, 0.1) is 23.9 Å². The van der Waals surface area contributed by atoms with E-state index < -0.39 is 14.0 Å². The molecule has 1 aliphatic carbocycles. The number of benzene rings is 1. The second-order valence-electron chi connectivity index (χ2n) is 7.87. The molecule has 2 fully saturated rings. The molecule has 4 atom stereocenters. The number of carboxylic acid groups (broad SMARTS) is 1. The maximum atomic E-state index is 12.0. The summed E-state index contributed by atoms with van der Waals surface area (Å²) >= 11 is 0. The third-order valence-corrected chi connectivity index (χ3v) is 7.10. The molecule has 2 aliphatic rings. The van der Waals surface area contributed by atoms with Gasteiger partial charge in [0.15, 0.2) is 8.03 Å². The first-order chi connectivity index (χ1) is 13.0. The van der Waals surface area contributed by atoms with Crippen LogP contribution >= 0.6 is 8.03 Å². The fraction of sp³-hybridized carbons (Fsp3) is 0.650. The van der Waals surface area contributed by atoms with Crippen LogP contribution in [0.1, 0.15) is 54.4 Å². The minimum Gasteiger partial charge on any atom is -0.478 e. The molecule has 1 aliphatic heterocycles. The SMILES string of the molecule is O=C(O)c1cccc(C[C@@H]2CO[C@H](C(CC3CCCCC3)[PH](=O)O)CN2)c1. The number of rotatable bonds is 7. The lowest BCUT2D eigenvalue weighted by Crippen LogP contribution is -2.51. The Morgan fingerprint density at radius 2 is 2.07 bits per heavy atom. The third-order valence-electron chi connectivity index (χ3n) is 5.85. The molecular formula is C20H30NO5P. The maximum absolute atomic E-state index is 12.0. The number of carboxylic acids is 1. The molecule has 0 bridgehead atoms. The zero-order valence-corrected chi connectivity index (χ0v) is 16.6. The highest BCUT2D eigenvalue weighted by molar-refractivity contribution is 7.39. The van der Waals surface area contributed by atoms with E-state index >= 15 is 0 Å². The van der Waals surface area contributed by atoms with Crippen molar-refractivity contribution in [2.75, 3.05) is 13.2 Å². The Balaban J connectivity index is 1.52. The van der Waals surface area contributed by atoms with Gasteiger partial charge in [-0.15, -0.1) is 0 Å². The molecule has 1 aromatic carbocycles. The van der Waals surface area contributed by atoms with Crippen LogP contribution in [0.15, 0.2) is 24.3 Å². The molecule has 1 heterocycles. The molecule has 27 heavy (non-hydrogen) atoms. The van der Waals surface area contributed by atoms with Crippen molar-refractivity contribution < 1.29 is 24.1 Å². The van der Waals surface area contributed by atoms with E-state index in [-0.39, 0.29) is 23.4 Å². The topological polar surface area (TPSA) is 95.9 Å². The Morgan fingerprint density at radius 1 is 1.30 bits per heavy atom. The minimum absolute atomic E-state index is 0.0849. The lowest BCUT2D eigenvalue weighted by Gasteiger charge is -2.36. The second-order valence-corrected chi connectivity index (χ2v) is 9.29. The van der Waals surface area contributed by atoms with Crippen molar-refractivity contribution in [1.29, 1.82) is 0 Å². The van der Waals surface area contributed by atoms with Gasteiger partial charge >= 0.3 is 5.97 Å². The highest BCUT2D eigenvalue weighted by Crippen LogP contribution is 2.37. The molecular weight excluding hydrogens is 365 g/mol. The number of morpholine rings is 1. The molecule has 0 spiro atoms. The van der Waals surface area contributed by atoms with Gasteiger partial charge in [-0.05, 0) is 36.5 Å². The van der Waals surface area contributed by atoms with Gasteiger partial charge < -0.3 is 20.1 Å². The molecule has 1 saturated heterocycles. The van der Waals surface area contributed by atoms with Crippen LogP contribution in [0, 0.1) is 5.92 Å². The molecule has 0 amide bonds. The normalized spacial score (nSPS) is 26.4. The fourth-order valence-electron chi connectivity index (χ4n) is 4.34. The molecule has 150 valence electrons. The van der Waals surface area contributed by atoms with E-state index in [0.29, 0.717) is 25.5 Å². The van der Waals surface area contributed by atoms with Crippen molar-refractivity contribution in [3.63, 3.8) is 0 Å². The van der Waals surface area contributed by atoms with Crippen molar-refractivity contribution >= 4 is 14.0 Å².